The van der Waals surface area contributed by atoms with Gasteiger partial charge in [0.2, 0.25) is 0 Å². The Morgan fingerprint density at radius 2 is 2.00 bits per heavy atom. The van der Waals surface area contributed by atoms with Gasteiger partial charge in [-0.3, -0.25) is 0 Å². The van der Waals surface area contributed by atoms with E-state index in [1.165, 1.54) is 0 Å². The first-order valence-electron chi connectivity index (χ1n) is 7.05. The minimum absolute atomic E-state index is 0.258. The fourth-order valence-corrected chi connectivity index (χ4v) is 1.65. The molecule has 0 atom stereocenters. The molecule has 0 spiro atoms. The summed E-state index contributed by atoms with van der Waals surface area (Å²) >= 11 is 0. The molecule has 4 nitrogen and oxygen atoms in total. The molecule has 1 aromatic rings. The van der Waals surface area contributed by atoms with E-state index in [1.807, 2.05) is 19.9 Å². The fraction of sp³-hybridized carbons (Fsp3) is 0.733. The quantitative estimate of drug-likeness (QED) is 0.663. The first-order chi connectivity index (χ1) is 9.09. The predicted octanol–water partition coefficient (Wildman–Crippen LogP) is 2.97. The topological polar surface area (TPSA) is 43.6 Å². The summed E-state index contributed by atoms with van der Waals surface area (Å²) in [5.74, 6) is 1.60. The molecule has 0 unspecified atom stereocenters. The number of hydrogen-bond acceptors (Lipinski definition) is 4. The van der Waals surface area contributed by atoms with E-state index < -0.39 is 0 Å². The molecule has 0 saturated heterocycles. The van der Waals surface area contributed by atoms with Crippen LogP contribution in [0.3, 0.4) is 0 Å². The fourth-order valence-electron chi connectivity index (χ4n) is 1.65. The number of nitrogens with one attached hydrogen (secondary N) is 1. The number of hydrogen-bond donors (Lipinski definition) is 1. The average Bonchev–Trinajstić information content (AvgIpc) is 2.75. The number of rotatable bonds is 10. The Bertz CT molecular complexity index is 334. The van der Waals surface area contributed by atoms with Gasteiger partial charge in [-0.1, -0.05) is 13.8 Å². The second-order valence-electron chi connectivity index (χ2n) is 5.37. The molecule has 0 fully saturated rings. The third kappa shape index (κ3) is 7.35. The van der Waals surface area contributed by atoms with Gasteiger partial charge in [-0.05, 0) is 32.4 Å². The van der Waals surface area contributed by atoms with Crippen LogP contribution >= 0.6 is 0 Å². The number of furan rings is 1. The van der Waals surface area contributed by atoms with Crippen LogP contribution in [0, 0.1) is 5.92 Å². The predicted molar refractivity (Wildman–Crippen MR) is 76.0 cm³/mol. The van der Waals surface area contributed by atoms with Gasteiger partial charge in [-0.2, -0.15) is 0 Å². The van der Waals surface area contributed by atoms with Crippen LogP contribution in [0.4, 0.5) is 0 Å². The molecule has 0 amide bonds. The maximum atomic E-state index is 5.58. The van der Waals surface area contributed by atoms with Crippen LogP contribution in [0.25, 0.3) is 0 Å². The van der Waals surface area contributed by atoms with Gasteiger partial charge in [-0.25, -0.2) is 0 Å². The monoisotopic (exact) mass is 269 g/mol. The minimum atomic E-state index is 0.258. The Hall–Kier alpha value is -0.840. The highest BCUT2D eigenvalue weighted by Gasteiger charge is 2.06. The van der Waals surface area contributed by atoms with Gasteiger partial charge in [0.1, 0.15) is 5.76 Å². The van der Waals surface area contributed by atoms with Gasteiger partial charge in [0.05, 0.1) is 38.7 Å². The zero-order chi connectivity index (χ0) is 14.1. The van der Waals surface area contributed by atoms with E-state index in [0.717, 1.165) is 24.4 Å². The summed E-state index contributed by atoms with van der Waals surface area (Å²) in [5, 5.41) is 3.37. The van der Waals surface area contributed by atoms with Crippen molar-refractivity contribution in [2.24, 2.45) is 5.92 Å². The lowest BCUT2D eigenvalue weighted by atomic mass is 10.2. The van der Waals surface area contributed by atoms with E-state index in [-0.39, 0.29) is 6.10 Å². The molecule has 0 aromatic carbocycles. The highest BCUT2D eigenvalue weighted by atomic mass is 16.5. The third-order valence-electron chi connectivity index (χ3n) is 2.61. The molecule has 0 bridgehead atoms. The molecule has 0 aliphatic heterocycles. The zero-order valence-corrected chi connectivity index (χ0v) is 12.6. The summed E-state index contributed by atoms with van der Waals surface area (Å²) < 4.78 is 16.5. The van der Waals surface area contributed by atoms with Crippen LogP contribution in [0.2, 0.25) is 0 Å². The summed E-state index contributed by atoms with van der Waals surface area (Å²) in [6.07, 6.45) is 1.98. The highest BCUT2D eigenvalue weighted by molar-refractivity contribution is 5.15. The van der Waals surface area contributed by atoms with Gasteiger partial charge in [0.25, 0.3) is 0 Å². The summed E-state index contributed by atoms with van der Waals surface area (Å²) in [6.45, 7) is 12.0. The Morgan fingerprint density at radius 1 is 1.21 bits per heavy atom. The zero-order valence-electron chi connectivity index (χ0n) is 12.6. The summed E-state index contributed by atoms with van der Waals surface area (Å²) in [6, 6.07) is 1.97. The maximum Gasteiger partial charge on any atom is 0.123 e. The lowest BCUT2D eigenvalue weighted by Gasteiger charge is -2.09. The highest BCUT2D eigenvalue weighted by Crippen LogP contribution is 2.11. The molecule has 0 aliphatic rings. The van der Waals surface area contributed by atoms with E-state index in [2.05, 4.69) is 19.2 Å². The van der Waals surface area contributed by atoms with Gasteiger partial charge in [0, 0.05) is 5.56 Å². The Labute approximate surface area is 116 Å². The van der Waals surface area contributed by atoms with Crippen molar-refractivity contribution < 1.29 is 13.9 Å². The molecule has 4 heteroatoms. The lowest BCUT2D eigenvalue weighted by Crippen LogP contribution is -2.19. The van der Waals surface area contributed by atoms with Gasteiger partial charge in [-0.15, -0.1) is 0 Å². The largest absolute Gasteiger partial charge is 0.468 e. The lowest BCUT2D eigenvalue weighted by molar-refractivity contribution is 0.0139. The molecular formula is C15H27NO3. The van der Waals surface area contributed by atoms with Crippen molar-refractivity contribution >= 4 is 0 Å². The van der Waals surface area contributed by atoms with Crippen molar-refractivity contribution in [1.29, 1.82) is 0 Å². The van der Waals surface area contributed by atoms with E-state index in [0.29, 0.717) is 25.7 Å². The van der Waals surface area contributed by atoms with Gasteiger partial charge >= 0.3 is 0 Å². The Morgan fingerprint density at radius 3 is 2.68 bits per heavy atom. The molecule has 0 saturated carbocycles. The second-order valence-corrected chi connectivity index (χ2v) is 5.37. The first kappa shape index (κ1) is 16.2. The van der Waals surface area contributed by atoms with Crippen LogP contribution < -0.4 is 5.32 Å². The smallest absolute Gasteiger partial charge is 0.123 e. The second kappa shape index (κ2) is 9.13. The standard InChI is InChI=1S/C15H27NO3/c1-12(2)9-16-10-15-14(5-6-19-15)11-17-7-8-18-13(3)4/h5-6,12-13,16H,7-11H2,1-4H3. The number of ether oxygens (including phenoxy) is 2. The third-order valence-corrected chi connectivity index (χ3v) is 2.61. The van der Waals surface area contributed by atoms with E-state index in [9.17, 15) is 0 Å². The van der Waals surface area contributed by atoms with E-state index in [4.69, 9.17) is 13.9 Å². The van der Waals surface area contributed by atoms with Crippen LogP contribution in [0.5, 0.6) is 0 Å². The van der Waals surface area contributed by atoms with E-state index in [1.54, 1.807) is 6.26 Å². The summed E-state index contributed by atoms with van der Waals surface area (Å²) in [4.78, 5) is 0. The van der Waals surface area contributed by atoms with Crippen LogP contribution in [-0.2, 0) is 22.6 Å². The van der Waals surface area contributed by atoms with Crippen molar-refractivity contribution in [3.05, 3.63) is 23.7 Å². The molecule has 0 aliphatic carbocycles. The molecule has 1 aromatic heterocycles. The van der Waals surface area contributed by atoms with Crippen LogP contribution in [0.1, 0.15) is 39.0 Å². The summed E-state index contributed by atoms with van der Waals surface area (Å²) in [5.41, 5.74) is 1.11. The van der Waals surface area contributed by atoms with Gasteiger partial charge in [0.15, 0.2) is 0 Å². The van der Waals surface area contributed by atoms with Crippen molar-refractivity contribution in [3.8, 4) is 0 Å². The molecule has 110 valence electrons. The molecular weight excluding hydrogens is 242 g/mol. The molecule has 1 N–H and O–H groups in total. The van der Waals surface area contributed by atoms with Crippen molar-refractivity contribution in [2.45, 2.75) is 47.0 Å². The molecule has 0 radical (unpaired) electrons. The molecule has 19 heavy (non-hydrogen) atoms. The van der Waals surface area contributed by atoms with Crippen LogP contribution in [-0.4, -0.2) is 25.9 Å². The normalized spacial score (nSPS) is 11.7. The molecule has 1 heterocycles. The van der Waals surface area contributed by atoms with Crippen molar-refractivity contribution in [3.63, 3.8) is 0 Å². The van der Waals surface area contributed by atoms with Crippen molar-refractivity contribution in [2.75, 3.05) is 19.8 Å². The molecule has 1 rings (SSSR count). The SMILES string of the molecule is CC(C)CNCc1occc1COCCOC(C)C. The first-order valence-corrected chi connectivity index (χ1v) is 7.05. The van der Waals surface area contributed by atoms with Gasteiger partial charge < -0.3 is 19.2 Å². The van der Waals surface area contributed by atoms with E-state index >= 15 is 0 Å². The van der Waals surface area contributed by atoms with Crippen LogP contribution in [0.15, 0.2) is 16.7 Å². The summed E-state index contributed by atoms with van der Waals surface area (Å²) in [7, 11) is 0. The maximum absolute atomic E-state index is 5.58. The average molecular weight is 269 g/mol. The van der Waals surface area contributed by atoms with Crippen molar-refractivity contribution in [1.82, 2.24) is 5.32 Å². The Kier molecular flexibility index (Phi) is 7.79. The minimum Gasteiger partial charge on any atom is -0.468 e. The Balaban J connectivity index is 2.21.